The second-order valence-corrected chi connectivity index (χ2v) is 4.25. The molecule has 0 spiro atoms. The summed E-state index contributed by atoms with van der Waals surface area (Å²) in [6.45, 7) is 2.27. The number of aliphatic hydroxyl groups is 1. The Bertz CT molecular complexity index is 492. The van der Waals surface area contributed by atoms with Crippen LogP contribution in [0.5, 0.6) is 0 Å². The van der Waals surface area contributed by atoms with E-state index in [2.05, 4.69) is 0 Å². The predicted octanol–water partition coefficient (Wildman–Crippen LogP) is 2.33. The van der Waals surface area contributed by atoms with Crippen molar-refractivity contribution in [3.63, 3.8) is 0 Å². The highest BCUT2D eigenvalue weighted by molar-refractivity contribution is 6.08. The summed E-state index contributed by atoms with van der Waals surface area (Å²) in [6, 6.07) is 4.00. The van der Waals surface area contributed by atoms with Crippen LogP contribution in [0.25, 0.3) is 0 Å². The highest BCUT2D eigenvalue weighted by Crippen LogP contribution is 2.31. The molecule has 0 amide bonds. The molecule has 0 aliphatic carbocycles. The minimum Gasteiger partial charge on any atom is -0.386 e. The van der Waals surface area contributed by atoms with Crippen LogP contribution in [-0.2, 0) is 15.8 Å². The van der Waals surface area contributed by atoms with Crippen LogP contribution in [0.15, 0.2) is 24.3 Å². The number of hydrogen-bond acceptors (Lipinski definition) is 3. The first kappa shape index (κ1) is 15.4. The zero-order valence-electron chi connectivity index (χ0n) is 10.4. The lowest BCUT2D eigenvalue weighted by atomic mass is 9.88. The van der Waals surface area contributed by atoms with Gasteiger partial charge in [0.05, 0.1) is 5.56 Å². The molecule has 0 aliphatic rings. The Morgan fingerprint density at radius 1 is 1.26 bits per heavy atom. The van der Waals surface area contributed by atoms with Crippen molar-refractivity contribution in [2.75, 3.05) is 0 Å². The van der Waals surface area contributed by atoms with Gasteiger partial charge in [-0.3, -0.25) is 9.59 Å². The Hall–Kier alpha value is -1.69. The van der Waals surface area contributed by atoms with E-state index in [9.17, 15) is 27.9 Å². The molecule has 104 valence electrons. The first-order chi connectivity index (χ1) is 8.64. The van der Waals surface area contributed by atoms with Crippen molar-refractivity contribution in [3.8, 4) is 0 Å². The molecule has 1 rings (SSSR count). The number of benzene rings is 1. The molecule has 0 aromatic heterocycles. The number of Topliss-reactive ketones (excluding diaryl/α,β-unsaturated/α-hetero) is 2. The number of rotatable bonds is 4. The zero-order valence-corrected chi connectivity index (χ0v) is 10.4. The topological polar surface area (TPSA) is 54.4 Å². The van der Waals surface area contributed by atoms with Crippen molar-refractivity contribution in [1.29, 1.82) is 0 Å². The second kappa shape index (κ2) is 5.52. The summed E-state index contributed by atoms with van der Waals surface area (Å²) in [5.41, 5.74) is -0.997. The monoisotopic (exact) mass is 274 g/mol. The van der Waals surface area contributed by atoms with E-state index in [1.54, 1.807) is 0 Å². The Morgan fingerprint density at radius 2 is 1.84 bits per heavy atom. The van der Waals surface area contributed by atoms with Gasteiger partial charge in [0.1, 0.15) is 17.8 Å². The van der Waals surface area contributed by atoms with E-state index in [0.717, 1.165) is 25.1 Å². The molecule has 0 fully saturated rings. The molecule has 3 nitrogen and oxygen atoms in total. The maximum absolute atomic E-state index is 12.6. The second-order valence-electron chi connectivity index (χ2n) is 4.25. The lowest BCUT2D eigenvalue weighted by Gasteiger charge is -2.16. The van der Waals surface area contributed by atoms with E-state index in [-0.39, 0.29) is 5.56 Å². The highest BCUT2D eigenvalue weighted by atomic mass is 19.4. The van der Waals surface area contributed by atoms with Gasteiger partial charge in [0.15, 0.2) is 5.78 Å². The smallest absolute Gasteiger partial charge is 0.386 e. The van der Waals surface area contributed by atoms with Crippen LogP contribution in [-0.4, -0.2) is 22.8 Å². The van der Waals surface area contributed by atoms with E-state index < -0.39 is 35.3 Å². The van der Waals surface area contributed by atoms with Gasteiger partial charge in [-0.2, -0.15) is 13.2 Å². The number of carbonyl (C=O) groups is 2. The first-order valence-corrected chi connectivity index (χ1v) is 5.54. The maximum atomic E-state index is 12.6. The molecule has 1 aromatic rings. The van der Waals surface area contributed by atoms with Crippen LogP contribution >= 0.6 is 0 Å². The van der Waals surface area contributed by atoms with E-state index >= 15 is 0 Å². The fourth-order valence-electron chi connectivity index (χ4n) is 1.74. The normalized spacial score (nSPS) is 14.8. The van der Waals surface area contributed by atoms with Gasteiger partial charge in [-0.1, -0.05) is 18.2 Å². The van der Waals surface area contributed by atoms with Crippen LogP contribution in [0.3, 0.4) is 0 Å². The summed E-state index contributed by atoms with van der Waals surface area (Å²) in [5, 5.41) is 9.21. The fraction of sp³-hybridized carbons (Fsp3) is 0.385. The number of halogens is 3. The Kier molecular flexibility index (Phi) is 4.47. The molecular formula is C13H13F3O3. The van der Waals surface area contributed by atoms with Crippen molar-refractivity contribution < 1.29 is 27.9 Å². The Morgan fingerprint density at radius 3 is 2.26 bits per heavy atom. The summed E-state index contributed by atoms with van der Waals surface area (Å²) < 4.78 is 37.7. The molecule has 19 heavy (non-hydrogen) atoms. The van der Waals surface area contributed by atoms with Crippen LogP contribution < -0.4 is 0 Å². The SMILES string of the molecule is CC(=O)C(C(=O)C(C)O)c1cccc(C(F)(F)F)c1. The van der Waals surface area contributed by atoms with Gasteiger partial charge in [0.2, 0.25) is 0 Å². The average Bonchev–Trinajstić information content (AvgIpc) is 2.27. The third-order valence-electron chi connectivity index (χ3n) is 2.65. The van der Waals surface area contributed by atoms with Crippen LogP contribution in [0.2, 0.25) is 0 Å². The zero-order chi connectivity index (χ0) is 14.8. The molecule has 2 atom stereocenters. The summed E-state index contributed by atoms with van der Waals surface area (Å²) in [4.78, 5) is 23.1. The molecule has 0 heterocycles. The fourth-order valence-corrected chi connectivity index (χ4v) is 1.74. The maximum Gasteiger partial charge on any atom is 0.416 e. The lowest BCUT2D eigenvalue weighted by Crippen LogP contribution is -2.28. The summed E-state index contributed by atoms with van der Waals surface area (Å²) in [6.07, 6.45) is -5.96. The average molecular weight is 274 g/mol. The van der Waals surface area contributed by atoms with E-state index in [1.165, 1.54) is 13.0 Å². The van der Waals surface area contributed by atoms with Crippen molar-refractivity contribution in [1.82, 2.24) is 0 Å². The first-order valence-electron chi connectivity index (χ1n) is 5.54. The third kappa shape index (κ3) is 3.64. The number of aliphatic hydroxyl groups excluding tert-OH is 1. The molecule has 1 N–H and O–H groups in total. The number of hydrogen-bond donors (Lipinski definition) is 1. The Labute approximate surface area is 108 Å². The van der Waals surface area contributed by atoms with Gasteiger partial charge in [-0.25, -0.2) is 0 Å². The lowest BCUT2D eigenvalue weighted by molar-refractivity contribution is -0.138. The molecule has 1 aromatic carbocycles. The molecule has 0 bridgehead atoms. The van der Waals surface area contributed by atoms with Gasteiger partial charge >= 0.3 is 6.18 Å². The summed E-state index contributed by atoms with van der Waals surface area (Å²) >= 11 is 0. The number of alkyl halides is 3. The third-order valence-corrected chi connectivity index (χ3v) is 2.65. The van der Waals surface area contributed by atoms with Crippen LogP contribution in [0.1, 0.15) is 30.9 Å². The molecule has 0 aliphatic heterocycles. The number of carbonyl (C=O) groups excluding carboxylic acids is 2. The molecule has 0 saturated carbocycles. The van der Waals surface area contributed by atoms with Gasteiger partial charge in [-0.05, 0) is 25.5 Å². The molecule has 6 heteroatoms. The standard InChI is InChI=1S/C13H13F3O3/c1-7(17)11(12(19)8(2)18)9-4-3-5-10(6-9)13(14,15)16/h3-6,8,11,18H,1-2H3. The molecular weight excluding hydrogens is 261 g/mol. The molecule has 0 saturated heterocycles. The number of ketones is 2. The van der Waals surface area contributed by atoms with Crippen LogP contribution in [0.4, 0.5) is 13.2 Å². The molecule has 0 radical (unpaired) electrons. The largest absolute Gasteiger partial charge is 0.416 e. The van der Waals surface area contributed by atoms with E-state index in [1.807, 2.05) is 0 Å². The van der Waals surface area contributed by atoms with Crippen molar-refractivity contribution in [3.05, 3.63) is 35.4 Å². The quantitative estimate of drug-likeness (QED) is 0.857. The van der Waals surface area contributed by atoms with Crippen molar-refractivity contribution in [2.24, 2.45) is 0 Å². The predicted molar refractivity (Wildman–Crippen MR) is 61.6 cm³/mol. The van der Waals surface area contributed by atoms with Gasteiger partial charge in [-0.15, -0.1) is 0 Å². The summed E-state index contributed by atoms with van der Waals surface area (Å²) in [5.74, 6) is -2.79. The van der Waals surface area contributed by atoms with Gasteiger partial charge in [0, 0.05) is 0 Å². The van der Waals surface area contributed by atoms with E-state index in [4.69, 9.17) is 0 Å². The van der Waals surface area contributed by atoms with E-state index in [0.29, 0.717) is 0 Å². The minimum absolute atomic E-state index is 0.0618. The summed E-state index contributed by atoms with van der Waals surface area (Å²) in [7, 11) is 0. The van der Waals surface area contributed by atoms with Crippen molar-refractivity contribution >= 4 is 11.6 Å². The van der Waals surface area contributed by atoms with Crippen molar-refractivity contribution in [2.45, 2.75) is 32.0 Å². The van der Waals surface area contributed by atoms with Crippen LogP contribution in [0, 0.1) is 0 Å². The molecule has 2 unspecified atom stereocenters. The minimum atomic E-state index is -4.55. The Balaban J connectivity index is 3.25. The highest BCUT2D eigenvalue weighted by Gasteiger charge is 2.33. The van der Waals surface area contributed by atoms with Gasteiger partial charge < -0.3 is 5.11 Å². The van der Waals surface area contributed by atoms with Gasteiger partial charge in [0.25, 0.3) is 0 Å².